The lowest BCUT2D eigenvalue weighted by molar-refractivity contribution is -0.131. The summed E-state index contributed by atoms with van der Waals surface area (Å²) in [5.74, 6) is 0.990. The van der Waals surface area contributed by atoms with Crippen LogP contribution < -0.4 is 19.4 Å². The highest BCUT2D eigenvalue weighted by Gasteiger charge is 2.39. The molecule has 0 radical (unpaired) electrons. The molecule has 0 aliphatic heterocycles. The fourth-order valence-corrected chi connectivity index (χ4v) is 8.60. The number of nitrogens with zero attached hydrogens (tertiary/aromatic N) is 2. The van der Waals surface area contributed by atoms with Crippen molar-refractivity contribution < 1.29 is 23.8 Å². The van der Waals surface area contributed by atoms with Crippen molar-refractivity contribution in [1.29, 1.82) is 0 Å². The summed E-state index contributed by atoms with van der Waals surface area (Å²) in [6.07, 6.45) is 3.21. The number of carbonyl (C=O) groups is 2. The molecular formula is C26H38N2O5Si. The number of ether oxygens (including phenoxy) is 3. The molecule has 0 aliphatic rings. The molecule has 2 aromatic rings. The van der Waals surface area contributed by atoms with Gasteiger partial charge in [-0.2, -0.15) is 0 Å². The van der Waals surface area contributed by atoms with E-state index in [9.17, 15) is 9.59 Å². The van der Waals surface area contributed by atoms with Gasteiger partial charge < -0.3 is 19.1 Å². The summed E-state index contributed by atoms with van der Waals surface area (Å²) in [4.78, 5) is 31.8. The quantitative estimate of drug-likeness (QED) is 0.256. The number of esters is 1. The smallest absolute Gasteiger partial charge is 0.308 e. The maximum atomic E-state index is 13.4. The number of hydrogen-bond donors (Lipinski definition) is 0. The van der Waals surface area contributed by atoms with Crippen LogP contribution in [0.5, 0.6) is 17.2 Å². The van der Waals surface area contributed by atoms with Gasteiger partial charge >= 0.3 is 5.97 Å². The van der Waals surface area contributed by atoms with Crippen LogP contribution >= 0.6 is 0 Å². The Labute approximate surface area is 204 Å². The normalized spacial score (nSPS) is 11.2. The van der Waals surface area contributed by atoms with E-state index in [1.54, 1.807) is 37.6 Å². The molecule has 0 atom stereocenters. The van der Waals surface area contributed by atoms with Gasteiger partial charge in [-0.15, -0.1) is 0 Å². The van der Waals surface area contributed by atoms with Crippen LogP contribution in [0, 0.1) is 0 Å². The van der Waals surface area contributed by atoms with Gasteiger partial charge in [-0.3, -0.25) is 14.6 Å². The molecule has 1 aromatic carbocycles. The third-order valence-electron chi connectivity index (χ3n) is 6.83. The van der Waals surface area contributed by atoms with E-state index in [1.807, 2.05) is 19.9 Å². The number of methoxy groups -OCH3 is 2. The topological polar surface area (TPSA) is 78.0 Å². The van der Waals surface area contributed by atoms with Crippen LogP contribution in [0.15, 0.2) is 24.5 Å². The van der Waals surface area contributed by atoms with Gasteiger partial charge in [0.25, 0.3) is 5.91 Å². The van der Waals surface area contributed by atoms with Crippen LogP contribution in [-0.2, 0) is 4.79 Å². The van der Waals surface area contributed by atoms with Gasteiger partial charge in [0, 0.05) is 49.2 Å². The lowest BCUT2D eigenvalue weighted by Gasteiger charge is -2.33. The third-order valence-corrected chi connectivity index (χ3v) is 12.4. The summed E-state index contributed by atoms with van der Waals surface area (Å²) in [7, 11) is 1.07. The Balaban J connectivity index is 3.07. The van der Waals surface area contributed by atoms with Crippen LogP contribution in [-0.4, -0.2) is 57.1 Å². The average molecular weight is 487 g/mol. The molecule has 0 spiro atoms. The minimum Gasteiger partial charge on any atom is -0.497 e. The van der Waals surface area contributed by atoms with Crippen molar-refractivity contribution >= 4 is 25.1 Å². The number of aromatic nitrogens is 1. The minimum atomic E-state index is -2.12. The molecule has 1 heterocycles. The molecule has 0 saturated carbocycles. The molecule has 186 valence electrons. The zero-order valence-corrected chi connectivity index (χ0v) is 22.8. The molecule has 0 unspecified atom stereocenters. The first kappa shape index (κ1) is 27.4. The number of hydrogen-bond acceptors (Lipinski definition) is 6. The van der Waals surface area contributed by atoms with Crippen LogP contribution in [0.2, 0.25) is 18.1 Å². The standard InChI is InChI=1S/C26H38N2O5Si/c1-9-28(10-2)26(30)20-17-27-15-14-19(20)23-21(31-7)16-22(32-8)25(24(23)33-18(6)29)34(11-3,12-4)13-5/h14-17H,9-13H2,1-8H3. The van der Waals surface area contributed by atoms with E-state index >= 15 is 0 Å². The fourth-order valence-electron chi connectivity index (χ4n) is 4.68. The Morgan fingerprint density at radius 3 is 2.03 bits per heavy atom. The lowest BCUT2D eigenvalue weighted by atomic mass is 9.98. The van der Waals surface area contributed by atoms with Crippen LogP contribution in [0.4, 0.5) is 0 Å². The number of benzene rings is 1. The van der Waals surface area contributed by atoms with Gasteiger partial charge in [-0.1, -0.05) is 38.9 Å². The number of rotatable bonds is 11. The van der Waals surface area contributed by atoms with Gasteiger partial charge in [0.15, 0.2) is 0 Å². The molecule has 0 bridgehead atoms. The van der Waals surface area contributed by atoms with Crippen molar-refractivity contribution in [2.24, 2.45) is 0 Å². The van der Waals surface area contributed by atoms with E-state index in [2.05, 4.69) is 25.8 Å². The molecular weight excluding hydrogens is 448 g/mol. The van der Waals surface area contributed by atoms with Crippen molar-refractivity contribution in [2.75, 3.05) is 27.3 Å². The molecule has 0 fully saturated rings. The summed E-state index contributed by atoms with van der Waals surface area (Å²) in [6, 6.07) is 6.51. The number of carbonyl (C=O) groups excluding carboxylic acids is 2. The summed E-state index contributed by atoms with van der Waals surface area (Å²) in [5.41, 5.74) is 1.64. The highest BCUT2D eigenvalue weighted by atomic mass is 28.3. The molecule has 34 heavy (non-hydrogen) atoms. The second-order valence-corrected chi connectivity index (χ2v) is 13.4. The average Bonchev–Trinajstić information content (AvgIpc) is 2.85. The second kappa shape index (κ2) is 12.0. The van der Waals surface area contributed by atoms with Gasteiger partial charge in [0.1, 0.15) is 17.2 Å². The van der Waals surface area contributed by atoms with Crippen molar-refractivity contribution in [1.82, 2.24) is 9.88 Å². The third kappa shape index (κ3) is 5.11. The Hall–Kier alpha value is -2.87. The maximum absolute atomic E-state index is 13.4. The maximum Gasteiger partial charge on any atom is 0.308 e. The van der Waals surface area contributed by atoms with E-state index < -0.39 is 14.0 Å². The van der Waals surface area contributed by atoms with E-state index in [-0.39, 0.29) is 5.91 Å². The lowest BCUT2D eigenvalue weighted by Crippen LogP contribution is -2.47. The van der Waals surface area contributed by atoms with Gasteiger partial charge in [0.2, 0.25) is 0 Å². The predicted octanol–water partition coefficient (Wildman–Crippen LogP) is 4.89. The Morgan fingerprint density at radius 1 is 0.971 bits per heavy atom. The minimum absolute atomic E-state index is 0.133. The van der Waals surface area contributed by atoms with Gasteiger partial charge in [-0.05, 0) is 19.9 Å². The van der Waals surface area contributed by atoms with E-state index in [4.69, 9.17) is 14.2 Å². The molecule has 1 amide bonds. The van der Waals surface area contributed by atoms with E-state index in [0.29, 0.717) is 47.0 Å². The Kier molecular flexibility index (Phi) is 9.67. The van der Waals surface area contributed by atoms with E-state index in [1.165, 1.54) is 6.92 Å². The van der Waals surface area contributed by atoms with Crippen LogP contribution in [0.1, 0.15) is 51.9 Å². The first-order valence-electron chi connectivity index (χ1n) is 12.0. The highest BCUT2D eigenvalue weighted by Crippen LogP contribution is 2.45. The fraction of sp³-hybridized carbons (Fsp3) is 0.500. The largest absolute Gasteiger partial charge is 0.497 e. The monoisotopic (exact) mass is 486 g/mol. The zero-order chi connectivity index (χ0) is 25.5. The van der Waals surface area contributed by atoms with Crippen LogP contribution in [0.25, 0.3) is 11.1 Å². The summed E-state index contributed by atoms with van der Waals surface area (Å²) in [5, 5.41) is 0.951. The molecule has 7 nitrogen and oxygen atoms in total. The van der Waals surface area contributed by atoms with Crippen molar-refractivity contribution in [3.63, 3.8) is 0 Å². The molecule has 0 aliphatic carbocycles. The Morgan fingerprint density at radius 2 is 1.56 bits per heavy atom. The van der Waals surface area contributed by atoms with Crippen molar-refractivity contribution in [2.45, 2.75) is 59.7 Å². The molecule has 8 heteroatoms. The molecule has 0 saturated heterocycles. The summed E-state index contributed by atoms with van der Waals surface area (Å²) < 4.78 is 17.6. The Bertz CT molecular complexity index is 1010. The first-order valence-corrected chi connectivity index (χ1v) is 14.6. The molecule has 2 rings (SSSR count). The van der Waals surface area contributed by atoms with Gasteiger partial charge in [0.05, 0.1) is 33.4 Å². The van der Waals surface area contributed by atoms with Gasteiger partial charge in [-0.25, -0.2) is 0 Å². The SMILES string of the molecule is CCN(CC)C(=O)c1cnccc1-c1c(OC)cc(OC)c([Si](CC)(CC)CC)c1OC(C)=O. The molecule has 1 aromatic heterocycles. The summed E-state index contributed by atoms with van der Waals surface area (Å²) in [6.45, 7) is 13.0. The zero-order valence-electron chi connectivity index (χ0n) is 21.8. The van der Waals surface area contributed by atoms with Crippen molar-refractivity contribution in [3.05, 3.63) is 30.1 Å². The van der Waals surface area contributed by atoms with Crippen LogP contribution in [0.3, 0.4) is 0 Å². The number of pyridine rings is 1. The second-order valence-electron chi connectivity index (χ2n) is 8.19. The molecule has 0 N–H and O–H groups in total. The number of amides is 1. The first-order chi connectivity index (χ1) is 16.3. The summed E-state index contributed by atoms with van der Waals surface area (Å²) >= 11 is 0. The highest BCUT2D eigenvalue weighted by molar-refractivity contribution is 6.93. The van der Waals surface area contributed by atoms with Crippen molar-refractivity contribution in [3.8, 4) is 28.4 Å². The predicted molar refractivity (Wildman–Crippen MR) is 138 cm³/mol. The van der Waals surface area contributed by atoms with E-state index in [0.717, 1.165) is 23.3 Å².